The standard InChI is InChI=1S/C12H21NO2/c1-12(2,15)10-6-7-13(8-10)11(14)9-4-3-5-9/h9-10,15H,3-8H2,1-2H3. The maximum Gasteiger partial charge on any atom is 0.225 e. The van der Waals surface area contributed by atoms with Gasteiger partial charge in [-0.1, -0.05) is 6.42 Å². The molecule has 1 amide bonds. The van der Waals surface area contributed by atoms with Crippen LogP contribution in [0, 0.1) is 11.8 Å². The molecule has 1 aliphatic heterocycles. The quantitative estimate of drug-likeness (QED) is 0.750. The zero-order valence-corrected chi connectivity index (χ0v) is 9.70. The van der Waals surface area contributed by atoms with Crippen molar-refractivity contribution in [2.45, 2.75) is 45.1 Å². The van der Waals surface area contributed by atoms with E-state index in [-0.39, 0.29) is 5.92 Å². The summed E-state index contributed by atoms with van der Waals surface area (Å²) in [6.07, 6.45) is 4.30. The van der Waals surface area contributed by atoms with Crippen molar-refractivity contribution < 1.29 is 9.90 Å². The predicted molar refractivity (Wildman–Crippen MR) is 58.3 cm³/mol. The summed E-state index contributed by atoms with van der Waals surface area (Å²) >= 11 is 0. The summed E-state index contributed by atoms with van der Waals surface area (Å²) in [4.78, 5) is 13.9. The van der Waals surface area contributed by atoms with Gasteiger partial charge in [-0.05, 0) is 33.1 Å². The first-order valence-electron chi connectivity index (χ1n) is 5.99. The van der Waals surface area contributed by atoms with Crippen LogP contribution in [0.25, 0.3) is 0 Å². The molecule has 1 atom stereocenters. The van der Waals surface area contributed by atoms with Crippen molar-refractivity contribution in [3.05, 3.63) is 0 Å². The molecule has 1 saturated heterocycles. The number of hydrogen-bond donors (Lipinski definition) is 1. The molecule has 1 saturated carbocycles. The van der Waals surface area contributed by atoms with Crippen LogP contribution in [0.4, 0.5) is 0 Å². The van der Waals surface area contributed by atoms with Gasteiger partial charge in [0.1, 0.15) is 0 Å². The first-order valence-corrected chi connectivity index (χ1v) is 5.99. The van der Waals surface area contributed by atoms with Crippen LogP contribution >= 0.6 is 0 Å². The Morgan fingerprint density at radius 3 is 2.40 bits per heavy atom. The van der Waals surface area contributed by atoms with Crippen LogP contribution in [-0.4, -0.2) is 34.6 Å². The fourth-order valence-corrected chi connectivity index (χ4v) is 2.45. The maximum atomic E-state index is 11.9. The van der Waals surface area contributed by atoms with Gasteiger partial charge >= 0.3 is 0 Å². The second kappa shape index (κ2) is 3.78. The van der Waals surface area contributed by atoms with Gasteiger partial charge < -0.3 is 10.0 Å². The Balaban J connectivity index is 1.89. The molecular formula is C12H21NO2. The molecule has 0 radical (unpaired) electrons. The first kappa shape index (κ1) is 10.9. The molecule has 2 rings (SSSR count). The molecule has 1 heterocycles. The fraction of sp³-hybridized carbons (Fsp3) is 0.917. The average molecular weight is 211 g/mol. The number of carbonyl (C=O) groups excluding carboxylic acids is 1. The molecule has 0 bridgehead atoms. The summed E-state index contributed by atoms with van der Waals surface area (Å²) in [5, 5.41) is 9.89. The third-order valence-corrected chi connectivity index (χ3v) is 3.95. The normalized spacial score (nSPS) is 27.9. The lowest BCUT2D eigenvalue weighted by Gasteiger charge is -2.30. The van der Waals surface area contributed by atoms with Crippen LogP contribution in [0.3, 0.4) is 0 Å². The third-order valence-electron chi connectivity index (χ3n) is 3.95. The highest BCUT2D eigenvalue weighted by atomic mass is 16.3. The lowest BCUT2D eigenvalue weighted by atomic mass is 9.84. The van der Waals surface area contributed by atoms with Crippen molar-refractivity contribution in [3.63, 3.8) is 0 Å². The van der Waals surface area contributed by atoms with Crippen molar-refractivity contribution in [3.8, 4) is 0 Å². The summed E-state index contributed by atoms with van der Waals surface area (Å²) in [7, 11) is 0. The van der Waals surface area contributed by atoms with E-state index < -0.39 is 5.60 Å². The maximum absolute atomic E-state index is 11.9. The van der Waals surface area contributed by atoms with Gasteiger partial charge in [0.05, 0.1) is 5.60 Å². The second-order valence-electron chi connectivity index (χ2n) is 5.55. The molecule has 86 valence electrons. The minimum atomic E-state index is -0.644. The lowest BCUT2D eigenvalue weighted by Crippen LogP contribution is -2.39. The van der Waals surface area contributed by atoms with Gasteiger partial charge in [0.15, 0.2) is 0 Å². The SMILES string of the molecule is CC(C)(O)C1CCN(C(=O)C2CCC2)C1. The molecule has 2 fully saturated rings. The van der Waals surface area contributed by atoms with E-state index in [0.29, 0.717) is 11.8 Å². The molecule has 3 nitrogen and oxygen atoms in total. The topological polar surface area (TPSA) is 40.5 Å². The smallest absolute Gasteiger partial charge is 0.225 e. The Bertz CT molecular complexity index is 253. The van der Waals surface area contributed by atoms with E-state index in [1.54, 1.807) is 0 Å². The summed E-state index contributed by atoms with van der Waals surface area (Å²) in [5.74, 6) is 0.875. The highest BCUT2D eigenvalue weighted by molar-refractivity contribution is 5.79. The van der Waals surface area contributed by atoms with E-state index in [0.717, 1.165) is 32.4 Å². The van der Waals surface area contributed by atoms with E-state index in [1.807, 2.05) is 18.7 Å². The second-order valence-corrected chi connectivity index (χ2v) is 5.55. The molecule has 0 aromatic carbocycles. The van der Waals surface area contributed by atoms with Gasteiger partial charge in [0.2, 0.25) is 5.91 Å². The van der Waals surface area contributed by atoms with Gasteiger partial charge in [-0.2, -0.15) is 0 Å². The Labute approximate surface area is 91.5 Å². The van der Waals surface area contributed by atoms with Gasteiger partial charge in [-0.25, -0.2) is 0 Å². The number of aliphatic hydroxyl groups is 1. The van der Waals surface area contributed by atoms with E-state index in [1.165, 1.54) is 6.42 Å². The summed E-state index contributed by atoms with van der Waals surface area (Å²) in [5.41, 5.74) is -0.644. The van der Waals surface area contributed by atoms with E-state index >= 15 is 0 Å². The average Bonchev–Trinajstić information content (AvgIpc) is 2.46. The third kappa shape index (κ3) is 2.17. The first-order chi connectivity index (χ1) is 6.98. The van der Waals surface area contributed by atoms with E-state index in [4.69, 9.17) is 0 Å². The number of amides is 1. The molecule has 0 aromatic rings. The van der Waals surface area contributed by atoms with Crippen LogP contribution in [0.2, 0.25) is 0 Å². The molecule has 1 N–H and O–H groups in total. The number of hydrogen-bond acceptors (Lipinski definition) is 2. The highest BCUT2D eigenvalue weighted by Gasteiger charge is 2.38. The van der Waals surface area contributed by atoms with Crippen LogP contribution in [0.15, 0.2) is 0 Å². The van der Waals surface area contributed by atoms with Gasteiger partial charge in [0, 0.05) is 24.9 Å². The lowest BCUT2D eigenvalue weighted by molar-refractivity contribution is -0.137. The molecule has 1 aliphatic carbocycles. The molecular weight excluding hydrogens is 190 g/mol. The Morgan fingerprint density at radius 1 is 1.33 bits per heavy atom. The number of nitrogens with zero attached hydrogens (tertiary/aromatic N) is 1. The van der Waals surface area contributed by atoms with Crippen LogP contribution < -0.4 is 0 Å². The van der Waals surface area contributed by atoms with Gasteiger partial charge in [0.25, 0.3) is 0 Å². The zero-order valence-electron chi connectivity index (χ0n) is 9.70. The Morgan fingerprint density at radius 2 is 2.00 bits per heavy atom. The number of rotatable bonds is 2. The minimum Gasteiger partial charge on any atom is -0.390 e. The monoisotopic (exact) mass is 211 g/mol. The Hall–Kier alpha value is -0.570. The van der Waals surface area contributed by atoms with Crippen molar-refractivity contribution in [1.29, 1.82) is 0 Å². The minimum absolute atomic E-state index is 0.251. The molecule has 3 heteroatoms. The molecule has 1 unspecified atom stereocenters. The summed E-state index contributed by atoms with van der Waals surface area (Å²) in [6, 6.07) is 0. The summed E-state index contributed by atoms with van der Waals surface area (Å²) < 4.78 is 0. The number of likely N-dealkylation sites (tertiary alicyclic amines) is 1. The molecule has 2 aliphatic rings. The Kier molecular flexibility index (Phi) is 2.75. The van der Waals surface area contributed by atoms with Crippen LogP contribution in [-0.2, 0) is 4.79 Å². The van der Waals surface area contributed by atoms with E-state index in [2.05, 4.69) is 0 Å². The van der Waals surface area contributed by atoms with Gasteiger partial charge in [-0.15, -0.1) is 0 Å². The van der Waals surface area contributed by atoms with Crippen molar-refractivity contribution in [1.82, 2.24) is 4.90 Å². The zero-order chi connectivity index (χ0) is 11.1. The number of carbonyl (C=O) groups is 1. The van der Waals surface area contributed by atoms with E-state index in [9.17, 15) is 9.90 Å². The molecule has 0 aromatic heterocycles. The van der Waals surface area contributed by atoms with Crippen molar-refractivity contribution in [2.24, 2.45) is 11.8 Å². The fourth-order valence-electron chi connectivity index (χ4n) is 2.45. The van der Waals surface area contributed by atoms with Gasteiger partial charge in [-0.3, -0.25) is 4.79 Å². The van der Waals surface area contributed by atoms with Crippen molar-refractivity contribution in [2.75, 3.05) is 13.1 Å². The molecule has 0 spiro atoms. The molecule has 15 heavy (non-hydrogen) atoms. The van der Waals surface area contributed by atoms with Crippen molar-refractivity contribution >= 4 is 5.91 Å². The highest BCUT2D eigenvalue weighted by Crippen LogP contribution is 2.32. The van der Waals surface area contributed by atoms with Crippen LogP contribution in [0.5, 0.6) is 0 Å². The summed E-state index contributed by atoms with van der Waals surface area (Å²) in [6.45, 7) is 5.27. The largest absolute Gasteiger partial charge is 0.390 e. The van der Waals surface area contributed by atoms with Crippen LogP contribution in [0.1, 0.15) is 39.5 Å². The predicted octanol–water partition coefficient (Wildman–Crippen LogP) is 1.41.